The number of nitrogens with two attached hydrogens (primary N) is 1. The highest BCUT2D eigenvalue weighted by molar-refractivity contribution is 6.04. The lowest BCUT2D eigenvalue weighted by molar-refractivity contribution is 0.0595. The van der Waals surface area contributed by atoms with Gasteiger partial charge >= 0.3 is 5.97 Å². The molecule has 7 nitrogen and oxygen atoms in total. The molecule has 0 radical (unpaired) electrons. The van der Waals surface area contributed by atoms with E-state index in [9.17, 15) is 14.0 Å². The third kappa shape index (κ3) is 2.74. The Balaban J connectivity index is 2.22. The molecule has 0 aliphatic rings. The number of nitrogen functional groups attached to an aromatic ring is 1. The van der Waals surface area contributed by atoms with E-state index in [1.165, 1.54) is 18.2 Å². The Hall–Kier alpha value is -2.90. The number of nitrogens with one attached hydrogen (secondary N) is 2. The highest BCUT2D eigenvalue weighted by Crippen LogP contribution is 2.16. The topological polar surface area (TPSA) is 110 Å². The second-order valence-corrected chi connectivity index (χ2v) is 3.85. The van der Waals surface area contributed by atoms with Gasteiger partial charge in [0.1, 0.15) is 17.3 Å². The molecule has 1 aromatic carbocycles. The van der Waals surface area contributed by atoms with Crippen molar-refractivity contribution in [2.45, 2.75) is 0 Å². The average Bonchev–Trinajstić information content (AvgIpc) is 2.87. The van der Waals surface area contributed by atoms with E-state index >= 15 is 0 Å². The van der Waals surface area contributed by atoms with Crippen molar-refractivity contribution in [3.8, 4) is 0 Å². The van der Waals surface area contributed by atoms with Crippen molar-refractivity contribution in [2.75, 3.05) is 18.2 Å². The van der Waals surface area contributed by atoms with Crippen molar-refractivity contribution in [1.29, 1.82) is 0 Å². The summed E-state index contributed by atoms with van der Waals surface area (Å²) in [6.07, 6.45) is 0. The molecule has 0 bridgehead atoms. The maximum Gasteiger partial charge on any atom is 0.340 e. The van der Waals surface area contributed by atoms with Gasteiger partial charge in [-0.25, -0.2) is 9.18 Å². The van der Waals surface area contributed by atoms with Crippen LogP contribution < -0.4 is 11.1 Å². The molecule has 0 saturated heterocycles. The van der Waals surface area contributed by atoms with Crippen LogP contribution in [-0.2, 0) is 4.74 Å². The molecule has 0 aliphatic heterocycles. The quantitative estimate of drug-likeness (QED) is 0.730. The van der Waals surface area contributed by atoms with Crippen LogP contribution in [0, 0.1) is 5.82 Å². The first kappa shape index (κ1) is 13.5. The molecule has 0 fully saturated rings. The van der Waals surface area contributed by atoms with Crippen LogP contribution in [0.1, 0.15) is 20.8 Å². The maximum absolute atomic E-state index is 13.4. The molecule has 104 valence electrons. The molecule has 0 unspecified atom stereocenters. The van der Waals surface area contributed by atoms with Crippen molar-refractivity contribution < 1.29 is 18.7 Å². The summed E-state index contributed by atoms with van der Waals surface area (Å²) >= 11 is 0. The van der Waals surface area contributed by atoms with E-state index in [0.717, 1.165) is 13.2 Å². The zero-order chi connectivity index (χ0) is 14.7. The van der Waals surface area contributed by atoms with E-state index in [1.807, 2.05) is 0 Å². The summed E-state index contributed by atoms with van der Waals surface area (Å²) in [6, 6.07) is 4.90. The molecule has 1 aromatic heterocycles. The van der Waals surface area contributed by atoms with Gasteiger partial charge in [-0.3, -0.25) is 9.89 Å². The molecule has 1 amide bonds. The van der Waals surface area contributed by atoms with Crippen LogP contribution in [0.3, 0.4) is 0 Å². The van der Waals surface area contributed by atoms with Crippen LogP contribution in [0.5, 0.6) is 0 Å². The average molecular weight is 278 g/mol. The molecule has 0 aliphatic carbocycles. The number of H-pyrrole nitrogens is 1. The number of halogens is 1. The Kier molecular flexibility index (Phi) is 3.65. The van der Waals surface area contributed by atoms with Crippen LogP contribution in [-0.4, -0.2) is 29.2 Å². The zero-order valence-electron chi connectivity index (χ0n) is 10.4. The first-order valence-corrected chi connectivity index (χ1v) is 5.51. The van der Waals surface area contributed by atoms with Crippen LogP contribution in [0.2, 0.25) is 0 Å². The number of amides is 1. The van der Waals surface area contributed by atoms with Gasteiger partial charge in [-0.2, -0.15) is 5.10 Å². The Morgan fingerprint density at radius 2 is 2.15 bits per heavy atom. The molecule has 0 spiro atoms. The van der Waals surface area contributed by atoms with Crippen molar-refractivity contribution in [2.24, 2.45) is 0 Å². The number of rotatable bonds is 3. The first-order chi connectivity index (χ1) is 9.51. The van der Waals surface area contributed by atoms with Gasteiger partial charge in [-0.05, 0) is 18.2 Å². The van der Waals surface area contributed by atoms with E-state index in [4.69, 9.17) is 5.73 Å². The molecular formula is C12H11FN4O3. The van der Waals surface area contributed by atoms with Gasteiger partial charge in [0.15, 0.2) is 0 Å². The number of esters is 1. The third-order valence-corrected chi connectivity index (χ3v) is 2.47. The summed E-state index contributed by atoms with van der Waals surface area (Å²) in [6.45, 7) is 0. The Morgan fingerprint density at radius 1 is 1.40 bits per heavy atom. The largest absolute Gasteiger partial charge is 0.465 e. The van der Waals surface area contributed by atoms with Gasteiger partial charge in [-0.1, -0.05) is 0 Å². The number of hydrogen-bond acceptors (Lipinski definition) is 5. The molecule has 1 heterocycles. The molecule has 20 heavy (non-hydrogen) atoms. The van der Waals surface area contributed by atoms with Crippen LogP contribution in [0.15, 0.2) is 24.3 Å². The fourth-order valence-corrected chi connectivity index (χ4v) is 1.52. The van der Waals surface area contributed by atoms with E-state index in [0.29, 0.717) is 0 Å². The van der Waals surface area contributed by atoms with Crippen molar-refractivity contribution in [3.05, 3.63) is 41.3 Å². The standard InChI is InChI=1S/C12H11FN4O3/c1-20-12(19)7-4-6(2-3-8(7)13)15-11(18)9-5-10(14)17-16-9/h2-5H,1H3,(H,15,18)(H3,14,16,17). The molecule has 8 heteroatoms. The molecule has 0 atom stereocenters. The van der Waals surface area contributed by atoms with Crippen LogP contribution >= 0.6 is 0 Å². The highest BCUT2D eigenvalue weighted by Gasteiger charge is 2.15. The van der Waals surface area contributed by atoms with E-state index in [2.05, 4.69) is 20.3 Å². The summed E-state index contributed by atoms with van der Waals surface area (Å²) in [7, 11) is 1.14. The Labute approximate surface area is 112 Å². The van der Waals surface area contributed by atoms with Crippen LogP contribution in [0.25, 0.3) is 0 Å². The van der Waals surface area contributed by atoms with Gasteiger partial charge in [0, 0.05) is 11.8 Å². The fourth-order valence-electron chi connectivity index (χ4n) is 1.52. The number of hydrogen-bond donors (Lipinski definition) is 3. The van der Waals surface area contributed by atoms with Gasteiger partial charge < -0.3 is 15.8 Å². The number of nitrogens with zero attached hydrogens (tertiary/aromatic N) is 1. The SMILES string of the molecule is COC(=O)c1cc(NC(=O)c2cc(N)n[nH]2)ccc1F. The van der Waals surface area contributed by atoms with Crippen molar-refractivity contribution in [1.82, 2.24) is 10.2 Å². The lowest BCUT2D eigenvalue weighted by atomic mass is 10.2. The maximum atomic E-state index is 13.4. The van der Waals surface area contributed by atoms with E-state index in [-0.39, 0.29) is 22.8 Å². The molecular weight excluding hydrogens is 267 g/mol. The van der Waals surface area contributed by atoms with E-state index in [1.54, 1.807) is 0 Å². The molecule has 2 aromatic rings. The molecule has 4 N–H and O–H groups in total. The number of aromatic amines is 1. The Morgan fingerprint density at radius 3 is 2.75 bits per heavy atom. The van der Waals surface area contributed by atoms with Gasteiger partial charge in [0.25, 0.3) is 5.91 Å². The lowest BCUT2D eigenvalue weighted by Gasteiger charge is -2.06. The van der Waals surface area contributed by atoms with Gasteiger partial charge in [0.2, 0.25) is 0 Å². The Bertz CT molecular complexity index is 668. The van der Waals surface area contributed by atoms with E-state index < -0.39 is 17.7 Å². The van der Waals surface area contributed by atoms with Crippen molar-refractivity contribution in [3.63, 3.8) is 0 Å². The number of aromatic nitrogens is 2. The fraction of sp³-hybridized carbons (Fsp3) is 0.0833. The number of methoxy groups -OCH3 is 1. The van der Waals surface area contributed by atoms with Crippen LogP contribution in [0.4, 0.5) is 15.9 Å². The second-order valence-electron chi connectivity index (χ2n) is 3.85. The predicted molar refractivity (Wildman–Crippen MR) is 68.7 cm³/mol. The molecule has 2 rings (SSSR count). The number of ether oxygens (including phenoxy) is 1. The summed E-state index contributed by atoms with van der Waals surface area (Å²) in [4.78, 5) is 23.2. The molecule has 0 saturated carbocycles. The normalized spacial score (nSPS) is 10.1. The van der Waals surface area contributed by atoms with Crippen molar-refractivity contribution >= 4 is 23.4 Å². The number of carbonyl (C=O) groups is 2. The minimum absolute atomic E-state index is 0.145. The summed E-state index contributed by atoms with van der Waals surface area (Å²) in [5, 5.41) is 8.52. The smallest absolute Gasteiger partial charge is 0.340 e. The monoisotopic (exact) mass is 278 g/mol. The van der Waals surface area contributed by atoms with Gasteiger partial charge in [-0.15, -0.1) is 0 Å². The second kappa shape index (κ2) is 5.39. The minimum atomic E-state index is -0.829. The zero-order valence-corrected chi connectivity index (χ0v) is 10.4. The predicted octanol–water partition coefficient (Wildman–Crippen LogP) is 1.17. The summed E-state index contributed by atoms with van der Waals surface area (Å²) < 4.78 is 17.9. The summed E-state index contributed by atoms with van der Waals surface area (Å²) in [5.74, 6) is -1.91. The lowest BCUT2D eigenvalue weighted by Crippen LogP contribution is -2.13. The summed E-state index contributed by atoms with van der Waals surface area (Å²) in [5.41, 5.74) is 5.49. The van der Waals surface area contributed by atoms with Gasteiger partial charge in [0.05, 0.1) is 12.7 Å². The number of benzene rings is 1. The number of anilines is 2. The highest BCUT2D eigenvalue weighted by atomic mass is 19.1. The minimum Gasteiger partial charge on any atom is -0.465 e. The first-order valence-electron chi connectivity index (χ1n) is 5.51. The number of carbonyl (C=O) groups excluding carboxylic acids is 2. The third-order valence-electron chi connectivity index (χ3n) is 2.47.